The largest absolute Gasteiger partial charge is 0.444 e. The molecule has 2 aromatic heterocycles. The van der Waals surface area contributed by atoms with Crippen LogP contribution in [0.15, 0.2) is 53.0 Å². The molecule has 1 saturated heterocycles. The van der Waals surface area contributed by atoms with Crippen LogP contribution in [0.2, 0.25) is 0 Å². The number of benzene rings is 1. The number of fused-ring (bicyclic) bond motifs is 7. The van der Waals surface area contributed by atoms with Crippen LogP contribution in [0.3, 0.4) is 0 Å². The normalized spacial score (nSPS) is 21.3. The van der Waals surface area contributed by atoms with Crippen LogP contribution in [-0.4, -0.2) is 45.6 Å². The zero-order valence-corrected chi connectivity index (χ0v) is 24.6. The topological polar surface area (TPSA) is 103 Å². The van der Waals surface area contributed by atoms with E-state index in [4.69, 9.17) is 13.9 Å². The SMILES string of the molecule is CC(C)(C)OC(=O)Nc1cc(C(F)(F)F)c2nc1-c1nnc(o1)C(OCc1ccccc1)(C(F)(F)F)C/C=C\C[C@@H]1CCCN21. The van der Waals surface area contributed by atoms with Gasteiger partial charge >= 0.3 is 18.4 Å². The maximum Gasteiger partial charge on any atom is 0.426 e. The number of alkyl halides is 6. The summed E-state index contributed by atoms with van der Waals surface area (Å²) < 4.78 is 105. The lowest BCUT2D eigenvalue weighted by molar-refractivity contribution is -0.295. The number of halogens is 6. The van der Waals surface area contributed by atoms with Crippen molar-refractivity contribution >= 4 is 17.6 Å². The van der Waals surface area contributed by atoms with Crippen molar-refractivity contribution < 1.29 is 45.0 Å². The lowest BCUT2D eigenvalue weighted by atomic mass is 9.97. The second kappa shape index (κ2) is 12.0. The summed E-state index contributed by atoms with van der Waals surface area (Å²) in [5.74, 6) is -2.09. The van der Waals surface area contributed by atoms with Gasteiger partial charge in [-0.05, 0) is 51.7 Å². The number of nitrogens with zero attached hydrogens (tertiary/aromatic N) is 4. The van der Waals surface area contributed by atoms with Gasteiger partial charge in [-0.2, -0.15) is 26.3 Å². The summed E-state index contributed by atoms with van der Waals surface area (Å²) >= 11 is 0. The van der Waals surface area contributed by atoms with Crippen LogP contribution in [0.25, 0.3) is 11.6 Å². The monoisotopic (exact) mass is 639 g/mol. The van der Waals surface area contributed by atoms with Crippen LogP contribution >= 0.6 is 0 Å². The number of carbonyl (C=O) groups excluding carboxylic acids is 1. The molecule has 1 fully saturated rings. The van der Waals surface area contributed by atoms with Crippen LogP contribution in [-0.2, 0) is 27.9 Å². The lowest BCUT2D eigenvalue weighted by Crippen LogP contribution is -2.45. The van der Waals surface area contributed by atoms with E-state index in [1.165, 1.54) is 17.1 Å². The van der Waals surface area contributed by atoms with E-state index in [0.717, 1.165) is 0 Å². The van der Waals surface area contributed by atoms with Gasteiger partial charge in [-0.1, -0.05) is 42.5 Å². The van der Waals surface area contributed by atoms with Crippen LogP contribution in [0.1, 0.15) is 63.5 Å². The molecule has 1 amide bonds. The number of rotatable bonds is 4. The van der Waals surface area contributed by atoms with Gasteiger partial charge in [0.1, 0.15) is 17.0 Å². The molecule has 0 spiro atoms. The molecular weight excluding hydrogens is 608 g/mol. The highest BCUT2D eigenvalue weighted by Gasteiger charge is 2.61. The van der Waals surface area contributed by atoms with Crippen LogP contribution in [0.4, 0.5) is 42.6 Å². The van der Waals surface area contributed by atoms with Gasteiger partial charge in [-0.25, -0.2) is 9.78 Å². The van der Waals surface area contributed by atoms with Crippen molar-refractivity contribution in [2.24, 2.45) is 0 Å². The first-order valence-electron chi connectivity index (χ1n) is 14.2. The minimum absolute atomic E-state index is 0.146. The number of ether oxygens (including phenoxy) is 2. The highest BCUT2D eigenvalue weighted by Crippen LogP contribution is 2.48. The zero-order valence-electron chi connectivity index (χ0n) is 24.6. The Morgan fingerprint density at radius 1 is 1.09 bits per heavy atom. The smallest absolute Gasteiger partial charge is 0.426 e. The zero-order chi connectivity index (χ0) is 32.6. The number of hydrogen-bond acceptors (Lipinski definition) is 8. The van der Waals surface area contributed by atoms with Gasteiger partial charge < -0.3 is 18.8 Å². The van der Waals surface area contributed by atoms with Crippen LogP contribution < -0.4 is 10.2 Å². The quantitative estimate of drug-likeness (QED) is 0.228. The molecule has 45 heavy (non-hydrogen) atoms. The predicted octanol–water partition coefficient (Wildman–Crippen LogP) is 7.79. The molecule has 0 saturated carbocycles. The van der Waals surface area contributed by atoms with Gasteiger partial charge in [0.15, 0.2) is 5.69 Å². The third-order valence-corrected chi connectivity index (χ3v) is 7.33. The van der Waals surface area contributed by atoms with Crippen molar-refractivity contribution in [3.05, 3.63) is 65.6 Å². The summed E-state index contributed by atoms with van der Waals surface area (Å²) in [5.41, 5.74) is -5.83. The highest BCUT2D eigenvalue weighted by molar-refractivity contribution is 5.90. The number of aromatic nitrogens is 3. The fourth-order valence-electron chi connectivity index (χ4n) is 5.25. The number of amides is 1. The average Bonchev–Trinajstić information content (AvgIpc) is 3.61. The van der Waals surface area contributed by atoms with E-state index in [-0.39, 0.29) is 13.0 Å². The molecule has 9 nitrogen and oxygen atoms in total. The standard InChI is InChI=1S/C30H31F6N5O4/c1-27(2,3)45-26(42)37-21-16-20(29(31,32)33)23-38-22(21)24-39-40-25(44-24)28(30(34,35)36,43-17-18-10-5-4-6-11-18)14-8-7-12-19-13-9-15-41(19)23/h4-8,10-11,16,19H,9,12-15,17H2,1-3H3,(H,37,42)/b8-7-/t19-,28?/m1/s1. The molecule has 0 radical (unpaired) electrons. The average molecular weight is 640 g/mol. The summed E-state index contributed by atoms with van der Waals surface area (Å²) in [6.07, 6.45) is -7.94. The molecular formula is C30H31F6N5O4. The number of anilines is 2. The number of carbonyl (C=O) groups is 1. The van der Waals surface area contributed by atoms with Gasteiger partial charge in [-0.15, -0.1) is 10.2 Å². The molecule has 4 heterocycles. The van der Waals surface area contributed by atoms with Gasteiger partial charge in [0.2, 0.25) is 5.60 Å². The Morgan fingerprint density at radius 3 is 2.49 bits per heavy atom. The van der Waals surface area contributed by atoms with E-state index in [2.05, 4.69) is 20.5 Å². The summed E-state index contributed by atoms with van der Waals surface area (Å²) in [6.45, 7) is 4.41. The van der Waals surface area contributed by atoms with Crippen molar-refractivity contribution in [3.8, 4) is 11.6 Å². The van der Waals surface area contributed by atoms with E-state index in [0.29, 0.717) is 24.5 Å². The number of hydrogen-bond donors (Lipinski definition) is 1. The molecule has 1 unspecified atom stereocenters. The van der Waals surface area contributed by atoms with Crippen molar-refractivity contribution in [2.75, 3.05) is 16.8 Å². The van der Waals surface area contributed by atoms with E-state index in [1.54, 1.807) is 51.1 Å². The summed E-state index contributed by atoms with van der Waals surface area (Å²) in [4.78, 5) is 18.4. The minimum Gasteiger partial charge on any atom is -0.444 e. The molecule has 15 heteroatoms. The molecule has 3 aromatic rings. The van der Waals surface area contributed by atoms with E-state index < -0.39 is 83.3 Å². The van der Waals surface area contributed by atoms with Gasteiger partial charge in [0, 0.05) is 19.0 Å². The molecule has 2 atom stereocenters. The first kappa shape index (κ1) is 32.3. The van der Waals surface area contributed by atoms with Crippen molar-refractivity contribution in [2.45, 2.75) is 82.7 Å². The van der Waals surface area contributed by atoms with Crippen LogP contribution in [0, 0.1) is 0 Å². The molecule has 4 bridgehead atoms. The van der Waals surface area contributed by atoms with Gasteiger partial charge in [-0.3, -0.25) is 5.32 Å². The third kappa shape index (κ3) is 6.92. The first-order chi connectivity index (χ1) is 21.1. The summed E-state index contributed by atoms with van der Waals surface area (Å²) in [6, 6.07) is 8.35. The first-order valence-corrected chi connectivity index (χ1v) is 14.2. The van der Waals surface area contributed by atoms with Crippen molar-refractivity contribution in [1.82, 2.24) is 15.2 Å². The predicted molar refractivity (Wildman–Crippen MR) is 150 cm³/mol. The van der Waals surface area contributed by atoms with Gasteiger partial charge in [0.05, 0.1) is 12.3 Å². The fourth-order valence-corrected chi connectivity index (χ4v) is 5.25. The Kier molecular flexibility index (Phi) is 8.59. The van der Waals surface area contributed by atoms with Crippen molar-refractivity contribution in [1.29, 1.82) is 0 Å². The van der Waals surface area contributed by atoms with Crippen molar-refractivity contribution in [3.63, 3.8) is 0 Å². The maximum absolute atomic E-state index is 15.0. The summed E-state index contributed by atoms with van der Waals surface area (Å²) in [7, 11) is 0. The Balaban J connectivity index is 1.70. The Labute approximate surface area is 254 Å². The van der Waals surface area contributed by atoms with E-state index >= 15 is 0 Å². The molecule has 1 N–H and O–H groups in total. The Morgan fingerprint density at radius 2 is 1.82 bits per heavy atom. The maximum atomic E-state index is 15.0. The molecule has 1 aromatic carbocycles. The lowest BCUT2D eigenvalue weighted by Gasteiger charge is -2.31. The second-order valence-corrected chi connectivity index (χ2v) is 11.8. The number of nitrogens with one attached hydrogen (secondary N) is 1. The third-order valence-electron chi connectivity index (χ3n) is 7.33. The van der Waals surface area contributed by atoms with Crippen LogP contribution in [0.5, 0.6) is 0 Å². The molecule has 2 aliphatic rings. The molecule has 2 aliphatic heterocycles. The fraction of sp³-hybridized carbons (Fsp3) is 0.467. The highest BCUT2D eigenvalue weighted by atomic mass is 19.4. The molecule has 242 valence electrons. The number of pyridine rings is 1. The van der Waals surface area contributed by atoms with E-state index in [1.807, 2.05) is 0 Å². The minimum atomic E-state index is -5.06. The summed E-state index contributed by atoms with van der Waals surface area (Å²) in [5, 5.41) is 9.68. The second-order valence-electron chi connectivity index (χ2n) is 11.8. The molecule has 0 aliphatic carbocycles. The molecule has 5 rings (SSSR count). The van der Waals surface area contributed by atoms with Gasteiger partial charge in [0.25, 0.3) is 11.8 Å². The Hall–Kier alpha value is -4.14. The Bertz CT molecular complexity index is 1550. The van der Waals surface area contributed by atoms with E-state index in [9.17, 15) is 31.1 Å².